The minimum absolute atomic E-state index is 0.0274. The van der Waals surface area contributed by atoms with E-state index in [0.29, 0.717) is 17.9 Å². The summed E-state index contributed by atoms with van der Waals surface area (Å²) in [5.74, 6) is -0.224. The molecule has 1 amide bonds. The summed E-state index contributed by atoms with van der Waals surface area (Å²) >= 11 is 0. The monoisotopic (exact) mass is 531 g/mol. The number of ether oxygens (including phenoxy) is 1. The fraction of sp³-hybridized carbons (Fsp3) is 0.321. The highest BCUT2D eigenvalue weighted by atomic mass is 31.2. The Bertz CT molecular complexity index is 1230. The molecular weight excluding hydrogens is 499 g/mol. The van der Waals surface area contributed by atoms with E-state index >= 15 is 0 Å². The van der Waals surface area contributed by atoms with Gasteiger partial charge in [-0.3, -0.25) is 9.36 Å². The summed E-state index contributed by atoms with van der Waals surface area (Å²) < 4.78 is 45.8. The van der Waals surface area contributed by atoms with Crippen molar-refractivity contribution in [1.82, 2.24) is 0 Å². The topological polar surface area (TPSA) is 95.9 Å². The average Bonchev–Trinajstić information content (AvgIpc) is 2.88. The van der Waals surface area contributed by atoms with Crippen LogP contribution < -0.4 is 10.1 Å². The van der Waals surface area contributed by atoms with Gasteiger partial charge in [0.2, 0.25) is 0 Å². The number of rotatable bonds is 13. The van der Waals surface area contributed by atoms with E-state index in [-0.39, 0.29) is 11.3 Å². The second kappa shape index (κ2) is 13.0. The maximum absolute atomic E-state index is 14.2. The number of hydrogen-bond acceptors (Lipinski definition) is 3. The van der Waals surface area contributed by atoms with E-state index < -0.39 is 24.7 Å². The molecule has 6 nitrogen and oxygen atoms in total. The average molecular weight is 532 g/mol. The third-order valence-electron chi connectivity index (χ3n) is 5.93. The van der Waals surface area contributed by atoms with Crippen LogP contribution in [0.15, 0.2) is 72.8 Å². The zero-order chi connectivity index (χ0) is 26.9. The largest absolute Gasteiger partial charge is 0.493 e. The second-order valence-electron chi connectivity index (χ2n) is 8.78. The first-order valence-electron chi connectivity index (χ1n) is 12.3. The van der Waals surface area contributed by atoms with Gasteiger partial charge >= 0.3 is 13.3 Å². The van der Waals surface area contributed by atoms with Gasteiger partial charge in [-0.05, 0) is 35.7 Å². The van der Waals surface area contributed by atoms with Crippen LogP contribution in [-0.2, 0) is 10.2 Å². The molecular formula is C28H32F2NO5P. The molecule has 0 saturated carbocycles. The first-order chi connectivity index (χ1) is 17.6. The molecule has 0 atom stereocenters. The first-order valence-corrected chi connectivity index (χ1v) is 13.9. The van der Waals surface area contributed by atoms with E-state index in [1.54, 1.807) is 18.2 Å². The Labute approximate surface area is 215 Å². The van der Waals surface area contributed by atoms with E-state index in [4.69, 9.17) is 14.5 Å². The fourth-order valence-electron chi connectivity index (χ4n) is 3.95. The molecule has 0 heterocycles. The predicted octanol–water partition coefficient (Wildman–Crippen LogP) is 7.57. The molecule has 0 aliphatic heterocycles. The molecule has 0 saturated heterocycles. The highest BCUT2D eigenvalue weighted by Crippen LogP contribution is 2.59. The molecule has 0 aromatic heterocycles. The van der Waals surface area contributed by atoms with Crippen molar-refractivity contribution in [3.8, 4) is 16.9 Å². The van der Waals surface area contributed by atoms with Crippen LogP contribution in [0.25, 0.3) is 11.1 Å². The van der Waals surface area contributed by atoms with Gasteiger partial charge in [-0.15, -0.1) is 0 Å². The molecule has 0 aliphatic carbocycles. The number of carbonyl (C=O) groups excluding carboxylic acids is 1. The van der Waals surface area contributed by atoms with Gasteiger partial charge in [0.15, 0.2) is 0 Å². The summed E-state index contributed by atoms with van der Waals surface area (Å²) in [5.41, 5.74) is -3.68. The Morgan fingerprint density at radius 2 is 1.59 bits per heavy atom. The van der Waals surface area contributed by atoms with Crippen molar-refractivity contribution in [3.05, 3.63) is 83.9 Å². The van der Waals surface area contributed by atoms with Crippen molar-refractivity contribution in [1.29, 1.82) is 0 Å². The SMILES string of the molecule is CCCCCCCCOc1cccc(-c2ccccc2)c1C(=O)Nc1cccc(C(F)(F)P(=O)(O)O)c1. The van der Waals surface area contributed by atoms with Gasteiger partial charge in [0, 0.05) is 11.3 Å². The lowest BCUT2D eigenvalue weighted by Gasteiger charge is -2.19. The van der Waals surface area contributed by atoms with Crippen LogP contribution in [-0.4, -0.2) is 22.3 Å². The van der Waals surface area contributed by atoms with Gasteiger partial charge in [-0.25, -0.2) is 0 Å². The first kappa shape index (κ1) is 28.5. The molecule has 0 spiro atoms. The molecule has 3 rings (SSSR count). The molecule has 0 radical (unpaired) electrons. The van der Waals surface area contributed by atoms with E-state index in [9.17, 15) is 18.1 Å². The summed E-state index contributed by atoms with van der Waals surface area (Å²) in [6.07, 6.45) is 6.50. The minimum atomic E-state index is -5.75. The highest BCUT2D eigenvalue weighted by Gasteiger charge is 2.50. The summed E-state index contributed by atoms with van der Waals surface area (Å²) in [5, 5.41) is 2.59. The predicted molar refractivity (Wildman–Crippen MR) is 141 cm³/mol. The second-order valence-corrected chi connectivity index (χ2v) is 10.4. The number of hydrogen-bond donors (Lipinski definition) is 3. The van der Waals surface area contributed by atoms with Crippen LogP contribution in [0, 0.1) is 0 Å². The van der Waals surface area contributed by atoms with Crippen LogP contribution in [0.3, 0.4) is 0 Å². The Hall–Kier alpha value is -3.06. The Kier molecular flexibility index (Phi) is 9.98. The van der Waals surface area contributed by atoms with Crippen LogP contribution >= 0.6 is 7.60 Å². The maximum atomic E-state index is 14.2. The highest BCUT2D eigenvalue weighted by molar-refractivity contribution is 7.52. The van der Waals surface area contributed by atoms with Crippen molar-refractivity contribution in [3.63, 3.8) is 0 Å². The summed E-state index contributed by atoms with van der Waals surface area (Å²) in [7, 11) is -5.75. The van der Waals surface area contributed by atoms with Crippen LogP contribution in [0.1, 0.15) is 61.4 Å². The summed E-state index contributed by atoms with van der Waals surface area (Å²) in [6, 6.07) is 18.8. The number of unbranched alkanes of at least 4 members (excludes halogenated alkanes) is 5. The molecule has 3 aromatic carbocycles. The lowest BCUT2D eigenvalue weighted by atomic mass is 9.98. The summed E-state index contributed by atoms with van der Waals surface area (Å²) in [4.78, 5) is 31.6. The number of nitrogens with one attached hydrogen (secondary N) is 1. The van der Waals surface area contributed by atoms with Gasteiger partial charge < -0.3 is 19.8 Å². The fourth-order valence-corrected chi connectivity index (χ4v) is 4.43. The van der Waals surface area contributed by atoms with Crippen molar-refractivity contribution >= 4 is 19.2 Å². The lowest BCUT2D eigenvalue weighted by Crippen LogP contribution is -2.17. The molecule has 0 aliphatic rings. The van der Waals surface area contributed by atoms with Crippen LogP contribution in [0.4, 0.5) is 14.5 Å². The normalized spacial score (nSPS) is 11.8. The molecule has 9 heteroatoms. The Morgan fingerprint density at radius 3 is 2.30 bits per heavy atom. The Morgan fingerprint density at radius 1 is 0.919 bits per heavy atom. The minimum Gasteiger partial charge on any atom is -0.493 e. The molecule has 0 fully saturated rings. The number of benzene rings is 3. The van der Waals surface area contributed by atoms with Crippen LogP contribution in [0.2, 0.25) is 0 Å². The molecule has 0 unspecified atom stereocenters. The standard InChI is InChI=1S/C28H32F2NO5P/c1-2-3-4-5-6-10-19-36-25-18-12-17-24(21-13-8-7-9-14-21)26(25)27(32)31-23-16-11-15-22(20-23)28(29,30)37(33,34)35/h7-9,11-18,20H,2-6,10,19H2,1H3,(H,31,32)(H2,33,34,35). The molecule has 3 N–H and O–H groups in total. The zero-order valence-electron chi connectivity index (χ0n) is 20.7. The van der Waals surface area contributed by atoms with Crippen molar-refractivity contribution in [2.45, 2.75) is 51.1 Å². The van der Waals surface area contributed by atoms with Gasteiger partial charge in [0.1, 0.15) is 5.75 Å². The molecule has 198 valence electrons. The van der Waals surface area contributed by atoms with E-state index in [1.165, 1.54) is 31.4 Å². The number of alkyl halides is 2. The molecule has 0 bridgehead atoms. The number of carbonyl (C=O) groups is 1. The zero-order valence-corrected chi connectivity index (χ0v) is 21.6. The van der Waals surface area contributed by atoms with Gasteiger partial charge in [0.25, 0.3) is 5.91 Å². The van der Waals surface area contributed by atoms with Gasteiger partial charge in [0.05, 0.1) is 12.2 Å². The van der Waals surface area contributed by atoms with Gasteiger partial charge in [-0.1, -0.05) is 93.6 Å². The van der Waals surface area contributed by atoms with E-state index in [2.05, 4.69) is 12.2 Å². The van der Waals surface area contributed by atoms with E-state index in [1.807, 2.05) is 30.3 Å². The van der Waals surface area contributed by atoms with Crippen LogP contribution in [0.5, 0.6) is 5.75 Å². The smallest absolute Gasteiger partial charge is 0.399 e. The summed E-state index contributed by atoms with van der Waals surface area (Å²) in [6.45, 7) is 2.59. The molecule has 37 heavy (non-hydrogen) atoms. The maximum Gasteiger partial charge on any atom is 0.399 e. The third kappa shape index (κ3) is 7.48. The Balaban J connectivity index is 1.87. The quantitative estimate of drug-likeness (QED) is 0.156. The van der Waals surface area contributed by atoms with Crippen molar-refractivity contribution in [2.24, 2.45) is 0 Å². The van der Waals surface area contributed by atoms with E-state index in [0.717, 1.165) is 37.0 Å². The number of amides is 1. The number of anilines is 1. The third-order valence-corrected chi connectivity index (χ3v) is 6.92. The number of halogens is 2. The van der Waals surface area contributed by atoms with Gasteiger partial charge in [-0.2, -0.15) is 8.78 Å². The van der Waals surface area contributed by atoms with Crippen molar-refractivity contribution in [2.75, 3.05) is 11.9 Å². The lowest BCUT2D eigenvalue weighted by molar-refractivity contribution is 0.0565. The molecule has 3 aromatic rings. The van der Waals surface area contributed by atoms with Crippen molar-refractivity contribution < 1.29 is 32.7 Å².